The number of halogens is 2. The molecule has 0 unspecified atom stereocenters. The Hall–Kier alpha value is -1.61. The molecule has 0 fully saturated rings. The first-order valence-electron chi connectivity index (χ1n) is 9.16. The molecule has 0 saturated heterocycles. The lowest BCUT2D eigenvalue weighted by atomic mass is 10.0. The number of thioether (sulfide) groups is 1. The Morgan fingerprint density at radius 3 is 2.72 bits per heavy atom. The van der Waals surface area contributed by atoms with Crippen molar-refractivity contribution >= 4 is 52.4 Å². The van der Waals surface area contributed by atoms with Crippen molar-refractivity contribution < 1.29 is 18.7 Å². The zero-order chi connectivity index (χ0) is 20.1. The smallest absolute Gasteiger partial charge is 0.341 e. The van der Waals surface area contributed by atoms with Crippen LogP contribution in [0.1, 0.15) is 34.1 Å². The van der Waals surface area contributed by atoms with Crippen LogP contribution in [0, 0.1) is 5.82 Å². The van der Waals surface area contributed by atoms with Crippen molar-refractivity contribution in [3.05, 3.63) is 46.1 Å². The highest BCUT2D eigenvalue weighted by atomic mass is 35.5. The van der Waals surface area contributed by atoms with Gasteiger partial charge >= 0.3 is 5.97 Å². The lowest BCUT2D eigenvalue weighted by molar-refractivity contribution is -0.115. The van der Waals surface area contributed by atoms with Gasteiger partial charge in [-0.2, -0.15) is 0 Å². The van der Waals surface area contributed by atoms with Gasteiger partial charge in [0.05, 0.1) is 12.2 Å². The number of rotatable bonds is 7. The summed E-state index contributed by atoms with van der Waals surface area (Å²) in [6.45, 7) is 3.71. The normalized spacial score (nSPS) is 13.3. The van der Waals surface area contributed by atoms with Gasteiger partial charge in [0, 0.05) is 35.0 Å². The number of amides is 1. The molecule has 1 N–H and O–H groups in total. The van der Waals surface area contributed by atoms with E-state index in [1.54, 1.807) is 19.1 Å². The first-order chi connectivity index (χ1) is 13.5. The molecule has 1 aromatic heterocycles. The Morgan fingerprint density at radius 2 is 2.03 bits per heavy atom. The van der Waals surface area contributed by atoms with Gasteiger partial charge in [-0.05, 0) is 50.2 Å². The fourth-order valence-corrected chi connectivity index (χ4v) is 5.20. The van der Waals surface area contributed by atoms with Crippen molar-refractivity contribution in [3.63, 3.8) is 0 Å². The number of fused-ring (bicyclic) bond motifs is 1. The largest absolute Gasteiger partial charge is 0.462 e. The molecule has 1 aliphatic heterocycles. The van der Waals surface area contributed by atoms with E-state index in [4.69, 9.17) is 4.74 Å². The van der Waals surface area contributed by atoms with Crippen molar-refractivity contribution in [2.75, 3.05) is 31.3 Å². The molecule has 2 heterocycles. The number of likely N-dealkylation sites (N-methyl/N-ethyl adjacent to an activating group) is 1. The number of thiophene rings is 1. The third-order valence-electron chi connectivity index (χ3n) is 4.39. The van der Waals surface area contributed by atoms with Gasteiger partial charge in [0.1, 0.15) is 10.8 Å². The van der Waals surface area contributed by atoms with Crippen LogP contribution in [0.25, 0.3) is 0 Å². The Morgan fingerprint density at radius 1 is 1.31 bits per heavy atom. The summed E-state index contributed by atoms with van der Waals surface area (Å²) in [7, 11) is 2.04. The molecule has 0 atom stereocenters. The quantitative estimate of drug-likeness (QED) is 0.485. The number of benzene rings is 1. The molecular formula is C20H24ClFN2O3S2. The summed E-state index contributed by atoms with van der Waals surface area (Å²) >= 11 is 2.95. The molecule has 0 spiro atoms. The second-order valence-electron chi connectivity index (χ2n) is 6.52. The number of nitrogens with one attached hydrogen (secondary N) is 1. The molecular weight excluding hydrogens is 435 g/mol. The maximum atomic E-state index is 12.9. The summed E-state index contributed by atoms with van der Waals surface area (Å²) in [4.78, 5) is 29.1. The third kappa shape index (κ3) is 6.18. The highest BCUT2D eigenvalue weighted by Gasteiger charge is 2.28. The molecule has 0 aliphatic carbocycles. The average molecular weight is 459 g/mol. The fourth-order valence-electron chi connectivity index (χ4n) is 3.02. The number of hydrogen-bond donors (Lipinski definition) is 1. The summed E-state index contributed by atoms with van der Waals surface area (Å²) in [6, 6.07) is 6.20. The van der Waals surface area contributed by atoms with Gasteiger partial charge in [0.2, 0.25) is 5.91 Å². The van der Waals surface area contributed by atoms with Gasteiger partial charge in [-0.3, -0.25) is 4.79 Å². The number of carbonyl (C=O) groups excluding carboxylic acids is 2. The van der Waals surface area contributed by atoms with Crippen molar-refractivity contribution in [3.8, 4) is 0 Å². The summed E-state index contributed by atoms with van der Waals surface area (Å²) in [5.74, 6) is -0.228. The molecule has 2 aromatic rings. The van der Waals surface area contributed by atoms with Crippen LogP contribution in [0.15, 0.2) is 29.2 Å². The standard InChI is InChI=1S/C20H23FN2O3S2.ClH/c1-3-26-20(25)18-15-8-10-23(2)12-16(15)28-19(18)22-17(24)9-11-27-14-6-4-13(21)5-7-14;/h4-7H,3,8-12H2,1-2H3,(H,22,24);1H. The molecule has 0 bridgehead atoms. The minimum absolute atomic E-state index is 0. The predicted molar refractivity (Wildman–Crippen MR) is 118 cm³/mol. The Labute approximate surface area is 184 Å². The second kappa shape index (κ2) is 11.0. The topological polar surface area (TPSA) is 58.6 Å². The van der Waals surface area contributed by atoms with E-state index in [1.165, 1.54) is 35.2 Å². The maximum Gasteiger partial charge on any atom is 0.341 e. The lowest BCUT2D eigenvalue weighted by Gasteiger charge is -2.22. The highest BCUT2D eigenvalue weighted by molar-refractivity contribution is 7.99. The van der Waals surface area contributed by atoms with Gasteiger partial charge in [-0.25, -0.2) is 9.18 Å². The van der Waals surface area contributed by atoms with Crippen LogP contribution in [0.4, 0.5) is 9.39 Å². The van der Waals surface area contributed by atoms with E-state index in [0.717, 1.165) is 34.8 Å². The first kappa shape index (κ1) is 23.7. The van der Waals surface area contributed by atoms with Crippen LogP contribution < -0.4 is 5.32 Å². The second-order valence-corrected chi connectivity index (χ2v) is 8.79. The molecule has 1 aromatic carbocycles. The van der Waals surface area contributed by atoms with Gasteiger partial charge in [0.15, 0.2) is 0 Å². The molecule has 0 saturated carbocycles. The van der Waals surface area contributed by atoms with Gasteiger partial charge in [-0.1, -0.05) is 0 Å². The maximum absolute atomic E-state index is 12.9. The molecule has 158 valence electrons. The Kier molecular flexibility index (Phi) is 8.95. The van der Waals surface area contributed by atoms with Crippen LogP contribution in [-0.4, -0.2) is 42.7 Å². The van der Waals surface area contributed by atoms with E-state index in [2.05, 4.69) is 10.2 Å². The monoisotopic (exact) mass is 458 g/mol. The highest BCUT2D eigenvalue weighted by Crippen LogP contribution is 2.37. The van der Waals surface area contributed by atoms with Crippen LogP contribution in [-0.2, 0) is 22.5 Å². The molecule has 0 radical (unpaired) electrons. The van der Waals surface area contributed by atoms with Gasteiger partial charge < -0.3 is 15.0 Å². The zero-order valence-electron chi connectivity index (χ0n) is 16.3. The number of ether oxygens (including phenoxy) is 1. The van der Waals surface area contributed by atoms with E-state index in [1.807, 2.05) is 7.05 Å². The van der Waals surface area contributed by atoms with Gasteiger partial charge in [0.25, 0.3) is 0 Å². The summed E-state index contributed by atoms with van der Waals surface area (Å²) in [6.07, 6.45) is 1.07. The van der Waals surface area contributed by atoms with Gasteiger partial charge in [-0.15, -0.1) is 35.5 Å². The number of carbonyl (C=O) groups is 2. The molecule has 3 rings (SSSR count). The molecule has 1 amide bonds. The van der Waals surface area contributed by atoms with Crippen molar-refractivity contribution in [1.82, 2.24) is 4.90 Å². The zero-order valence-corrected chi connectivity index (χ0v) is 18.8. The lowest BCUT2D eigenvalue weighted by Crippen LogP contribution is -2.26. The SMILES string of the molecule is CCOC(=O)c1c(NC(=O)CCSc2ccc(F)cc2)sc2c1CCN(C)C2.Cl. The number of hydrogen-bond acceptors (Lipinski definition) is 6. The van der Waals surface area contributed by atoms with Crippen LogP contribution >= 0.6 is 35.5 Å². The van der Waals surface area contributed by atoms with Crippen LogP contribution in [0.5, 0.6) is 0 Å². The third-order valence-corrected chi connectivity index (χ3v) is 6.54. The molecule has 5 nitrogen and oxygen atoms in total. The first-order valence-corrected chi connectivity index (χ1v) is 11.0. The average Bonchev–Trinajstić information content (AvgIpc) is 3.00. The fraction of sp³-hybridized carbons (Fsp3) is 0.400. The van der Waals surface area contributed by atoms with Crippen molar-refractivity contribution in [1.29, 1.82) is 0 Å². The van der Waals surface area contributed by atoms with Crippen molar-refractivity contribution in [2.45, 2.75) is 31.2 Å². The predicted octanol–water partition coefficient (Wildman–Crippen LogP) is 4.59. The summed E-state index contributed by atoms with van der Waals surface area (Å²) in [5, 5.41) is 3.48. The van der Waals surface area contributed by atoms with E-state index in [0.29, 0.717) is 29.3 Å². The number of esters is 1. The minimum Gasteiger partial charge on any atom is -0.462 e. The van der Waals surface area contributed by atoms with Crippen molar-refractivity contribution in [2.24, 2.45) is 0 Å². The van der Waals surface area contributed by atoms with Crippen LogP contribution in [0.2, 0.25) is 0 Å². The minimum atomic E-state index is -0.374. The van der Waals surface area contributed by atoms with E-state index in [-0.39, 0.29) is 30.1 Å². The van der Waals surface area contributed by atoms with E-state index in [9.17, 15) is 14.0 Å². The number of anilines is 1. The van der Waals surface area contributed by atoms with Crippen LogP contribution in [0.3, 0.4) is 0 Å². The van der Waals surface area contributed by atoms with E-state index >= 15 is 0 Å². The molecule has 9 heteroatoms. The Bertz CT molecular complexity index is 858. The Balaban J connectivity index is 0.00000300. The summed E-state index contributed by atoms with van der Waals surface area (Å²) in [5.41, 5.74) is 1.51. The summed E-state index contributed by atoms with van der Waals surface area (Å²) < 4.78 is 18.2. The molecule has 29 heavy (non-hydrogen) atoms. The van der Waals surface area contributed by atoms with E-state index < -0.39 is 0 Å². The number of nitrogens with zero attached hydrogens (tertiary/aromatic N) is 1. The molecule has 1 aliphatic rings.